The maximum Gasteiger partial charge on any atom is 0.253 e. The van der Waals surface area contributed by atoms with E-state index < -0.39 is 5.41 Å². The zero-order chi connectivity index (χ0) is 25.5. The molecule has 36 heavy (non-hydrogen) atoms. The lowest BCUT2D eigenvalue weighted by Crippen LogP contribution is -2.52. The summed E-state index contributed by atoms with van der Waals surface area (Å²) in [6, 6.07) is 22.5. The molecule has 7 nitrogen and oxygen atoms in total. The third-order valence-corrected chi connectivity index (χ3v) is 6.94. The molecular weight excluding hydrogens is 456 g/mol. The monoisotopic (exact) mass is 488 g/mol. The predicted molar refractivity (Wildman–Crippen MR) is 138 cm³/mol. The van der Waals surface area contributed by atoms with Crippen molar-refractivity contribution in [2.75, 3.05) is 34.4 Å². The number of carbonyl (C=O) groups is 2. The highest BCUT2D eigenvalue weighted by molar-refractivity contribution is 5.95. The van der Waals surface area contributed by atoms with E-state index in [0.717, 1.165) is 11.1 Å². The first-order valence-electron chi connectivity index (χ1n) is 12.0. The highest BCUT2D eigenvalue weighted by atomic mass is 16.5. The molecule has 1 saturated heterocycles. The van der Waals surface area contributed by atoms with Gasteiger partial charge in [0.05, 0.1) is 26.7 Å². The number of ether oxygens (including phenoxy) is 3. The molecule has 2 amide bonds. The van der Waals surface area contributed by atoms with E-state index in [1.165, 1.54) is 0 Å². The molecule has 0 saturated carbocycles. The van der Waals surface area contributed by atoms with E-state index in [4.69, 9.17) is 14.2 Å². The Balaban J connectivity index is 1.51. The second-order valence-corrected chi connectivity index (χ2v) is 8.83. The summed E-state index contributed by atoms with van der Waals surface area (Å²) in [5.74, 6) is 1.96. The van der Waals surface area contributed by atoms with E-state index in [9.17, 15) is 9.59 Å². The van der Waals surface area contributed by atoms with Crippen molar-refractivity contribution in [1.82, 2.24) is 10.2 Å². The third-order valence-electron chi connectivity index (χ3n) is 6.94. The Bertz CT molecular complexity index is 1190. The number of nitrogens with zero attached hydrogens (tertiary/aromatic N) is 1. The number of benzene rings is 3. The molecule has 0 aliphatic carbocycles. The Labute approximate surface area is 212 Å². The van der Waals surface area contributed by atoms with Gasteiger partial charge in [-0.15, -0.1) is 0 Å². The van der Waals surface area contributed by atoms with Crippen LogP contribution in [0.1, 0.15) is 34.3 Å². The van der Waals surface area contributed by atoms with Gasteiger partial charge in [0.25, 0.3) is 5.91 Å². The number of rotatable bonds is 8. The predicted octanol–water partition coefficient (Wildman–Crippen LogP) is 4.20. The molecule has 0 aromatic heterocycles. The minimum Gasteiger partial charge on any atom is -0.497 e. The molecule has 1 N–H and O–H groups in total. The van der Waals surface area contributed by atoms with Gasteiger partial charge in [-0.1, -0.05) is 30.3 Å². The smallest absolute Gasteiger partial charge is 0.253 e. The molecule has 0 bridgehead atoms. The number of amides is 2. The van der Waals surface area contributed by atoms with Crippen molar-refractivity contribution in [2.24, 2.45) is 0 Å². The summed E-state index contributed by atoms with van der Waals surface area (Å²) in [5, 5.41) is 3.13. The van der Waals surface area contributed by atoms with Crippen LogP contribution in [0, 0.1) is 0 Å². The lowest BCUT2D eigenvalue weighted by molar-refractivity contribution is -0.128. The molecule has 4 rings (SSSR count). The molecule has 1 aliphatic rings. The fraction of sp³-hybridized carbons (Fsp3) is 0.310. The van der Waals surface area contributed by atoms with Gasteiger partial charge in [-0.3, -0.25) is 9.59 Å². The topological polar surface area (TPSA) is 77.1 Å². The first kappa shape index (κ1) is 25.1. The zero-order valence-corrected chi connectivity index (χ0v) is 21.0. The Morgan fingerprint density at radius 1 is 0.833 bits per heavy atom. The molecule has 7 heteroatoms. The van der Waals surface area contributed by atoms with E-state index >= 15 is 0 Å². The van der Waals surface area contributed by atoms with Crippen molar-refractivity contribution in [3.8, 4) is 17.2 Å². The molecule has 1 fully saturated rings. The van der Waals surface area contributed by atoms with E-state index in [-0.39, 0.29) is 11.8 Å². The van der Waals surface area contributed by atoms with Gasteiger partial charge in [0, 0.05) is 36.8 Å². The number of carbonyl (C=O) groups excluding carboxylic acids is 2. The maximum atomic E-state index is 13.7. The van der Waals surface area contributed by atoms with Crippen molar-refractivity contribution in [3.63, 3.8) is 0 Å². The number of piperidine rings is 1. The van der Waals surface area contributed by atoms with Gasteiger partial charge < -0.3 is 24.4 Å². The van der Waals surface area contributed by atoms with Crippen LogP contribution in [-0.4, -0.2) is 51.1 Å². The summed E-state index contributed by atoms with van der Waals surface area (Å²) in [6.45, 7) is 1.30. The van der Waals surface area contributed by atoms with Gasteiger partial charge >= 0.3 is 0 Å². The summed E-state index contributed by atoms with van der Waals surface area (Å²) in [6.07, 6.45) is 1.06. The summed E-state index contributed by atoms with van der Waals surface area (Å²) in [5.41, 5.74) is 1.71. The second kappa shape index (κ2) is 11.2. The molecule has 188 valence electrons. The van der Waals surface area contributed by atoms with Crippen molar-refractivity contribution in [2.45, 2.75) is 24.8 Å². The summed E-state index contributed by atoms with van der Waals surface area (Å²) >= 11 is 0. The highest BCUT2D eigenvalue weighted by Crippen LogP contribution is 2.37. The van der Waals surface area contributed by atoms with Crippen LogP contribution >= 0.6 is 0 Å². The van der Waals surface area contributed by atoms with Crippen LogP contribution in [0.2, 0.25) is 0 Å². The first-order valence-corrected chi connectivity index (χ1v) is 12.0. The highest BCUT2D eigenvalue weighted by Gasteiger charge is 2.43. The van der Waals surface area contributed by atoms with Gasteiger partial charge in [-0.05, 0) is 54.8 Å². The lowest BCUT2D eigenvalue weighted by atomic mass is 9.72. The zero-order valence-electron chi connectivity index (χ0n) is 21.0. The summed E-state index contributed by atoms with van der Waals surface area (Å²) in [7, 11) is 4.80. The van der Waals surface area contributed by atoms with Gasteiger partial charge in [-0.25, -0.2) is 0 Å². The Hall–Kier alpha value is -4.00. The molecule has 0 radical (unpaired) electrons. The lowest BCUT2D eigenvalue weighted by Gasteiger charge is -2.41. The third kappa shape index (κ3) is 5.15. The van der Waals surface area contributed by atoms with Crippen LogP contribution in [0.3, 0.4) is 0 Å². The number of hydrogen-bond donors (Lipinski definition) is 1. The van der Waals surface area contributed by atoms with Crippen LogP contribution in [0.15, 0.2) is 72.8 Å². The molecule has 1 aliphatic heterocycles. The van der Waals surface area contributed by atoms with Crippen LogP contribution < -0.4 is 19.5 Å². The normalized spacial score (nSPS) is 14.6. The molecular formula is C29H32N2O5. The van der Waals surface area contributed by atoms with Crippen molar-refractivity contribution in [1.29, 1.82) is 0 Å². The standard InChI is InChI=1S/C29H32N2O5/c1-34-24-12-9-21(10-13-24)27(32)31-17-15-29(16-18-31,23-7-5-4-6-8-23)28(33)30-20-22-11-14-25(35-2)19-26(22)36-3/h4-14,19H,15-18,20H2,1-3H3,(H,30,33). The van der Waals surface area contributed by atoms with Crippen molar-refractivity contribution < 1.29 is 23.8 Å². The van der Waals surface area contributed by atoms with Crippen molar-refractivity contribution >= 4 is 11.8 Å². The number of methoxy groups -OCH3 is 3. The first-order chi connectivity index (χ1) is 17.5. The Morgan fingerprint density at radius 2 is 1.47 bits per heavy atom. The van der Waals surface area contributed by atoms with Gasteiger partial charge in [-0.2, -0.15) is 0 Å². The largest absolute Gasteiger partial charge is 0.497 e. The van der Waals surface area contributed by atoms with Crippen LogP contribution in [0.25, 0.3) is 0 Å². The fourth-order valence-electron chi connectivity index (χ4n) is 4.75. The molecule has 0 atom stereocenters. The van der Waals surface area contributed by atoms with Crippen LogP contribution in [0.5, 0.6) is 17.2 Å². The average molecular weight is 489 g/mol. The Morgan fingerprint density at radius 3 is 2.08 bits per heavy atom. The summed E-state index contributed by atoms with van der Waals surface area (Å²) < 4.78 is 16.0. The SMILES string of the molecule is COc1ccc(C(=O)N2CCC(C(=O)NCc3ccc(OC)cc3OC)(c3ccccc3)CC2)cc1. The second-order valence-electron chi connectivity index (χ2n) is 8.83. The quantitative estimate of drug-likeness (QED) is 0.514. The molecule has 3 aromatic carbocycles. The number of hydrogen-bond acceptors (Lipinski definition) is 5. The molecule has 1 heterocycles. The van der Waals surface area contributed by atoms with Gasteiger partial charge in [0.2, 0.25) is 5.91 Å². The Kier molecular flexibility index (Phi) is 7.78. The fourth-order valence-corrected chi connectivity index (χ4v) is 4.75. The molecule has 0 unspecified atom stereocenters. The summed E-state index contributed by atoms with van der Waals surface area (Å²) in [4.78, 5) is 28.7. The minimum atomic E-state index is -0.725. The molecule has 3 aromatic rings. The van der Waals surface area contributed by atoms with Gasteiger partial charge in [0.15, 0.2) is 0 Å². The molecule has 0 spiro atoms. The number of likely N-dealkylation sites (tertiary alicyclic amines) is 1. The minimum absolute atomic E-state index is 0.0392. The average Bonchev–Trinajstić information content (AvgIpc) is 2.95. The van der Waals surface area contributed by atoms with E-state index in [1.54, 1.807) is 51.7 Å². The van der Waals surface area contributed by atoms with E-state index in [0.29, 0.717) is 55.3 Å². The van der Waals surface area contributed by atoms with Crippen LogP contribution in [-0.2, 0) is 16.8 Å². The van der Waals surface area contributed by atoms with Gasteiger partial charge in [0.1, 0.15) is 17.2 Å². The number of nitrogens with one attached hydrogen (secondary N) is 1. The van der Waals surface area contributed by atoms with E-state index in [2.05, 4.69) is 5.32 Å². The van der Waals surface area contributed by atoms with Crippen LogP contribution in [0.4, 0.5) is 0 Å². The van der Waals surface area contributed by atoms with E-state index in [1.807, 2.05) is 47.4 Å². The van der Waals surface area contributed by atoms with Crippen molar-refractivity contribution in [3.05, 3.63) is 89.5 Å². The maximum absolute atomic E-state index is 13.7.